The SMILES string of the molecule is Cc1ccc(-c2ccc(=O)n(CC(=O)Nc3cc(C(F)(F)F)cc(C(F)(F)F)c3)n2)cc1C. The van der Waals surface area contributed by atoms with Crippen molar-refractivity contribution in [1.82, 2.24) is 9.78 Å². The summed E-state index contributed by atoms with van der Waals surface area (Å²) in [6.45, 7) is 3.08. The summed E-state index contributed by atoms with van der Waals surface area (Å²) < 4.78 is 78.8. The average Bonchev–Trinajstić information content (AvgIpc) is 2.70. The van der Waals surface area contributed by atoms with Gasteiger partial charge in [0.25, 0.3) is 5.56 Å². The third-order valence-corrected chi connectivity index (χ3v) is 4.83. The molecule has 1 amide bonds. The van der Waals surface area contributed by atoms with Crippen molar-refractivity contribution in [2.45, 2.75) is 32.7 Å². The third-order valence-electron chi connectivity index (χ3n) is 4.83. The molecule has 0 saturated carbocycles. The quantitative estimate of drug-likeness (QED) is 0.534. The summed E-state index contributed by atoms with van der Waals surface area (Å²) in [6.07, 6.45) is -10.1. The van der Waals surface area contributed by atoms with E-state index in [1.165, 1.54) is 6.07 Å². The zero-order chi connectivity index (χ0) is 24.6. The van der Waals surface area contributed by atoms with Gasteiger partial charge in [0.1, 0.15) is 6.54 Å². The van der Waals surface area contributed by atoms with E-state index in [1.807, 2.05) is 31.3 Å². The molecule has 2 aromatic carbocycles. The van der Waals surface area contributed by atoms with Crippen molar-refractivity contribution in [2.75, 3.05) is 5.32 Å². The molecule has 0 spiro atoms. The Hall–Kier alpha value is -3.63. The van der Waals surface area contributed by atoms with Crippen LogP contribution in [0.2, 0.25) is 0 Å². The lowest BCUT2D eigenvalue weighted by Crippen LogP contribution is -2.29. The molecule has 0 bridgehead atoms. The van der Waals surface area contributed by atoms with Gasteiger partial charge in [-0.1, -0.05) is 12.1 Å². The summed E-state index contributed by atoms with van der Waals surface area (Å²) >= 11 is 0. The lowest BCUT2D eigenvalue weighted by molar-refractivity contribution is -0.143. The van der Waals surface area contributed by atoms with Gasteiger partial charge in [0, 0.05) is 17.3 Å². The number of carbonyl (C=O) groups is 1. The largest absolute Gasteiger partial charge is 0.416 e. The first-order valence-corrected chi connectivity index (χ1v) is 9.49. The summed E-state index contributed by atoms with van der Waals surface area (Å²) in [5.41, 5.74) is -1.48. The van der Waals surface area contributed by atoms with Crippen molar-refractivity contribution in [1.29, 1.82) is 0 Å². The summed E-state index contributed by atoms with van der Waals surface area (Å²) in [6, 6.07) is 8.77. The Morgan fingerprint density at radius 2 is 1.48 bits per heavy atom. The number of benzene rings is 2. The van der Waals surface area contributed by atoms with E-state index in [0.717, 1.165) is 21.9 Å². The van der Waals surface area contributed by atoms with Crippen molar-refractivity contribution in [3.05, 3.63) is 81.1 Å². The Bertz CT molecular complexity index is 1230. The molecule has 1 heterocycles. The van der Waals surface area contributed by atoms with E-state index in [9.17, 15) is 35.9 Å². The van der Waals surface area contributed by atoms with Gasteiger partial charge in [-0.2, -0.15) is 31.4 Å². The summed E-state index contributed by atoms with van der Waals surface area (Å²) in [4.78, 5) is 24.4. The number of amides is 1. The highest BCUT2D eigenvalue weighted by Crippen LogP contribution is 2.37. The fourth-order valence-electron chi connectivity index (χ4n) is 2.98. The van der Waals surface area contributed by atoms with Gasteiger partial charge in [-0.05, 0) is 55.3 Å². The first-order valence-electron chi connectivity index (χ1n) is 9.49. The van der Waals surface area contributed by atoms with Gasteiger partial charge in [-0.15, -0.1) is 0 Å². The minimum atomic E-state index is -5.06. The summed E-state index contributed by atoms with van der Waals surface area (Å²) in [5.74, 6) is -1.02. The van der Waals surface area contributed by atoms with Gasteiger partial charge in [-0.25, -0.2) is 4.68 Å². The number of hydrogen-bond acceptors (Lipinski definition) is 3. The number of hydrogen-bond donors (Lipinski definition) is 1. The van der Waals surface area contributed by atoms with Crippen LogP contribution in [-0.4, -0.2) is 15.7 Å². The van der Waals surface area contributed by atoms with Crippen LogP contribution < -0.4 is 10.9 Å². The molecule has 3 rings (SSSR count). The first-order chi connectivity index (χ1) is 15.2. The molecule has 5 nitrogen and oxygen atoms in total. The predicted molar refractivity (Wildman–Crippen MR) is 108 cm³/mol. The molecule has 0 atom stereocenters. The van der Waals surface area contributed by atoms with Crippen LogP contribution in [0, 0.1) is 13.8 Å². The normalized spacial score (nSPS) is 12.0. The fourth-order valence-corrected chi connectivity index (χ4v) is 2.98. The second-order valence-corrected chi connectivity index (χ2v) is 7.36. The van der Waals surface area contributed by atoms with E-state index in [4.69, 9.17) is 0 Å². The molecule has 0 aliphatic heterocycles. The number of aromatic nitrogens is 2. The van der Waals surface area contributed by atoms with Crippen LogP contribution in [0.3, 0.4) is 0 Å². The highest BCUT2D eigenvalue weighted by molar-refractivity contribution is 5.90. The lowest BCUT2D eigenvalue weighted by Gasteiger charge is -2.15. The molecular formula is C22H17F6N3O2. The Morgan fingerprint density at radius 1 is 0.879 bits per heavy atom. The highest BCUT2D eigenvalue weighted by Gasteiger charge is 2.37. The maximum atomic E-state index is 13.0. The summed E-state index contributed by atoms with van der Waals surface area (Å²) in [5, 5.41) is 6.07. The Balaban J connectivity index is 1.88. The maximum Gasteiger partial charge on any atom is 0.416 e. The van der Waals surface area contributed by atoms with Gasteiger partial charge in [-0.3, -0.25) is 9.59 Å². The maximum absolute atomic E-state index is 13.0. The Morgan fingerprint density at radius 3 is 2.03 bits per heavy atom. The van der Waals surface area contributed by atoms with Gasteiger partial charge in [0.15, 0.2) is 0 Å². The van der Waals surface area contributed by atoms with E-state index in [1.54, 1.807) is 6.07 Å². The number of nitrogens with zero attached hydrogens (tertiary/aromatic N) is 2. The van der Waals surface area contributed by atoms with E-state index < -0.39 is 47.2 Å². The van der Waals surface area contributed by atoms with Crippen LogP contribution in [0.4, 0.5) is 32.0 Å². The number of nitrogens with one attached hydrogen (secondary N) is 1. The zero-order valence-corrected chi connectivity index (χ0v) is 17.3. The minimum absolute atomic E-state index is 0.0469. The number of rotatable bonds is 4. The minimum Gasteiger partial charge on any atom is -0.324 e. The monoisotopic (exact) mass is 469 g/mol. The highest BCUT2D eigenvalue weighted by atomic mass is 19.4. The predicted octanol–water partition coefficient (Wildman–Crippen LogP) is 5.20. The van der Waals surface area contributed by atoms with Gasteiger partial charge < -0.3 is 5.32 Å². The van der Waals surface area contributed by atoms with Gasteiger partial charge in [0.05, 0.1) is 16.8 Å². The van der Waals surface area contributed by atoms with Crippen molar-refractivity contribution in [2.24, 2.45) is 0 Å². The molecule has 0 aliphatic rings. The molecular weight excluding hydrogens is 452 g/mol. The second kappa shape index (κ2) is 8.72. The molecule has 0 radical (unpaired) electrons. The molecule has 3 aromatic rings. The van der Waals surface area contributed by atoms with Crippen LogP contribution in [0.5, 0.6) is 0 Å². The lowest BCUT2D eigenvalue weighted by atomic mass is 10.0. The molecule has 174 valence electrons. The number of anilines is 1. The zero-order valence-electron chi connectivity index (χ0n) is 17.3. The molecule has 1 N–H and O–H groups in total. The van der Waals surface area contributed by atoms with Crippen LogP contribution >= 0.6 is 0 Å². The molecule has 0 saturated heterocycles. The van der Waals surface area contributed by atoms with Crippen molar-refractivity contribution in [3.8, 4) is 11.3 Å². The van der Waals surface area contributed by atoms with Crippen LogP contribution in [0.1, 0.15) is 22.3 Å². The van der Waals surface area contributed by atoms with Crippen molar-refractivity contribution >= 4 is 11.6 Å². The number of carbonyl (C=O) groups excluding carboxylic acids is 1. The smallest absolute Gasteiger partial charge is 0.324 e. The average molecular weight is 469 g/mol. The third kappa shape index (κ3) is 5.79. The molecule has 0 fully saturated rings. The molecule has 33 heavy (non-hydrogen) atoms. The fraction of sp³-hybridized carbons (Fsp3) is 0.227. The molecule has 11 heteroatoms. The van der Waals surface area contributed by atoms with E-state index in [0.29, 0.717) is 23.4 Å². The van der Waals surface area contributed by atoms with Crippen LogP contribution in [0.15, 0.2) is 53.3 Å². The number of aryl methyl sites for hydroxylation is 2. The van der Waals surface area contributed by atoms with Gasteiger partial charge in [0.2, 0.25) is 5.91 Å². The van der Waals surface area contributed by atoms with Crippen LogP contribution in [-0.2, 0) is 23.7 Å². The van der Waals surface area contributed by atoms with E-state index in [-0.39, 0.29) is 6.07 Å². The van der Waals surface area contributed by atoms with E-state index >= 15 is 0 Å². The van der Waals surface area contributed by atoms with Crippen molar-refractivity contribution < 1.29 is 31.1 Å². The molecule has 0 aliphatic carbocycles. The van der Waals surface area contributed by atoms with E-state index in [2.05, 4.69) is 5.10 Å². The standard InChI is InChI=1S/C22H17F6N3O2/c1-12-3-4-14(7-13(12)2)18-5-6-20(33)31(30-18)11-19(32)29-17-9-15(21(23,24)25)8-16(10-17)22(26,27)28/h3-10H,11H2,1-2H3,(H,29,32). The summed E-state index contributed by atoms with van der Waals surface area (Å²) in [7, 11) is 0. The van der Waals surface area contributed by atoms with Crippen LogP contribution in [0.25, 0.3) is 11.3 Å². The Labute approximate surface area is 183 Å². The topological polar surface area (TPSA) is 64.0 Å². The second-order valence-electron chi connectivity index (χ2n) is 7.36. The van der Waals surface area contributed by atoms with Crippen molar-refractivity contribution in [3.63, 3.8) is 0 Å². The first kappa shape index (κ1) is 24.0. The number of halogens is 6. The Kier molecular flexibility index (Phi) is 6.35. The number of alkyl halides is 6. The molecule has 0 unspecified atom stereocenters. The van der Waals surface area contributed by atoms with Gasteiger partial charge >= 0.3 is 12.4 Å². The molecule has 1 aromatic heterocycles.